The predicted molar refractivity (Wildman–Crippen MR) is 61.7 cm³/mol. The monoisotopic (exact) mass is 293 g/mol. The SMILES string of the molecule is Nc1c(-c2nnn[nH]2)nnc2c([N+](=O)[O-])c([N+](=O)[O-])nn12. The first-order valence-corrected chi connectivity index (χ1v) is 5.08. The molecule has 0 saturated carbocycles. The maximum Gasteiger partial charge on any atom is 0.470 e. The number of anilines is 1. The summed E-state index contributed by atoms with van der Waals surface area (Å²) in [6, 6.07) is 0. The summed E-state index contributed by atoms with van der Waals surface area (Å²) < 4.78 is 0.737. The Morgan fingerprint density at radius 1 is 1.14 bits per heavy atom. The molecule has 21 heavy (non-hydrogen) atoms. The number of nitrogens with one attached hydrogen (secondary N) is 1. The molecule has 0 aliphatic carbocycles. The molecule has 3 aromatic heterocycles. The number of hydrogen-bond donors (Lipinski definition) is 2. The molecule has 0 amide bonds. The fourth-order valence-corrected chi connectivity index (χ4v) is 1.61. The Morgan fingerprint density at radius 2 is 1.90 bits per heavy atom. The lowest BCUT2D eigenvalue weighted by Crippen LogP contribution is -2.06. The second-order valence-corrected chi connectivity index (χ2v) is 3.61. The summed E-state index contributed by atoms with van der Waals surface area (Å²) in [5.41, 5.74) is 4.31. The number of nitrogens with two attached hydrogens (primary N) is 1. The predicted octanol–water partition coefficient (Wildman–Crippen LogP) is -1.30. The number of tetrazole rings is 1. The van der Waals surface area contributed by atoms with Gasteiger partial charge in [0, 0.05) is 0 Å². The van der Waals surface area contributed by atoms with Gasteiger partial charge >= 0.3 is 11.5 Å². The van der Waals surface area contributed by atoms with Crippen LogP contribution in [0.25, 0.3) is 17.2 Å². The minimum absolute atomic E-state index is 0.0303. The molecular formula is C6H3N11O4. The largest absolute Gasteiger partial charge is 0.470 e. The topological polar surface area (TPSA) is 210 Å². The molecule has 0 radical (unpaired) electrons. The zero-order chi connectivity index (χ0) is 15.1. The van der Waals surface area contributed by atoms with Crippen LogP contribution in [0.15, 0.2) is 0 Å². The van der Waals surface area contributed by atoms with Crippen molar-refractivity contribution in [2.45, 2.75) is 0 Å². The first-order valence-electron chi connectivity index (χ1n) is 5.08. The zero-order valence-electron chi connectivity index (χ0n) is 9.74. The summed E-state index contributed by atoms with van der Waals surface area (Å²) >= 11 is 0. The smallest absolute Gasteiger partial charge is 0.380 e. The van der Waals surface area contributed by atoms with Crippen LogP contribution < -0.4 is 5.73 Å². The number of aromatic nitrogens is 8. The standard InChI is InChI=1S/C6H3N11O4/c7-3-1(4-9-13-14-10-4)8-11-5-2(16(18)19)6(17(20)21)12-15(3)5/h7H2,(H,9,10,13,14). The minimum Gasteiger partial charge on any atom is -0.380 e. The molecule has 0 aromatic carbocycles. The van der Waals surface area contributed by atoms with Crippen molar-refractivity contribution in [2.24, 2.45) is 0 Å². The molecule has 15 heteroatoms. The van der Waals surface area contributed by atoms with Gasteiger partial charge in [0.1, 0.15) is 0 Å². The van der Waals surface area contributed by atoms with E-state index in [1.165, 1.54) is 0 Å². The number of nitrogen functional groups attached to an aromatic ring is 1. The van der Waals surface area contributed by atoms with Crippen LogP contribution in [0.4, 0.5) is 17.3 Å². The quantitative estimate of drug-likeness (QED) is 0.427. The van der Waals surface area contributed by atoms with Gasteiger partial charge in [0.25, 0.3) is 5.65 Å². The molecule has 3 aromatic rings. The van der Waals surface area contributed by atoms with Crippen molar-refractivity contribution in [3.8, 4) is 11.5 Å². The van der Waals surface area contributed by atoms with Crippen molar-refractivity contribution < 1.29 is 9.85 Å². The summed E-state index contributed by atoms with van der Waals surface area (Å²) in [5, 5.41) is 44.9. The third-order valence-corrected chi connectivity index (χ3v) is 2.46. The second kappa shape index (κ2) is 4.11. The number of hydrogen-bond acceptors (Lipinski definition) is 11. The summed E-state index contributed by atoms with van der Waals surface area (Å²) in [6.07, 6.45) is 0. The van der Waals surface area contributed by atoms with E-state index >= 15 is 0 Å². The first kappa shape index (κ1) is 12.3. The number of H-pyrrole nitrogens is 1. The molecule has 0 unspecified atom stereocenters. The summed E-state index contributed by atoms with van der Waals surface area (Å²) in [6.45, 7) is 0. The van der Waals surface area contributed by atoms with E-state index in [0.29, 0.717) is 0 Å². The van der Waals surface area contributed by atoms with E-state index in [1.54, 1.807) is 0 Å². The second-order valence-electron chi connectivity index (χ2n) is 3.61. The third kappa shape index (κ3) is 1.68. The van der Waals surface area contributed by atoms with Gasteiger partial charge in [-0.3, -0.25) is 10.1 Å². The molecule has 0 atom stereocenters. The molecule has 0 saturated heterocycles. The van der Waals surface area contributed by atoms with E-state index in [4.69, 9.17) is 5.73 Å². The van der Waals surface area contributed by atoms with Crippen molar-refractivity contribution >= 4 is 23.0 Å². The van der Waals surface area contributed by atoms with Gasteiger partial charge in [-0.2, -0.15) is 0 Å². The van der Waals surface area contributed by atoms with E-state index in [0.717, 1.165) is 4.52 Å². The highest BCUT2D eigenvalue weighted by molar-refractivity contribution is 5.73. The molecular weight excluding hydrogens is 290 g/mol. The van der Waals surface area contributed by atoms with Crippen molar-refractivity contribution in [3.63, 3.8) is 0 Å². The third-order valence-electron chi connectivity index (χ3n) is 2.46. The van der Waals surface area contributed by atoms with Crippen molar-refractivity contribution in [1.82, 2.24) is 40.4 Å². The van der Waals surface area contributed by atoms with Crippen LogP contribution in [0.2, 0.25) is 0 Å². The van der Waals surface area contributed by atoms with Crippen molar-refractivity contribution in [1.29, 1.82) is 0 Å². The Hall–Kier alpha value is -3.78. The van der Waals surface area contributed by atoms with Crippen molar-refractivity contribution in [2.75, 3.05) is 5.73 Å². The molecule has 3 heterocycles. The first-order chi connectivity index (χ1) is 10.0. The number of rotatable bonds is 3. The lowest BCUT2D eigenvalue weighted by atomic mass is 10.4. The Morgan fingerprint density at radius 3 is 2.48 bits per heavy atom. The van der Waals surface area contributed by atoms with Crippen molar-refractivity contribution in [3.05, 3.63) is 20.2 Å². The molecule has 3 rings (SSSR count). The fraction of sp³-hybridized carbons (Fsp3) is 0. The van der Waals surface area contributed by atoms with Gasteiger partial charge in [-0.05, 0) is 15.4 Å². The molecule has 0 fully saturated rings. The van der Waals surface area contributed by atoms with Crippen LogP contribution in [0.1, 0.15) is 0 Å². The number of nitrogens with zero attached hydrogens (tertiary/aromatic N) is 9. The summed E-state index contributed by atoms with van der Waals surface area (Å²) in [4.78, 5) is 19.8. The average Bonchev–Trinajstić information content (AvgIpc) is 3.05. The molecule has 0 spiro atoms. The van der Waals surface area contributed by atoms with Gasteiger partial charge in [-0.25, -0.2) is 5.10 Å². The van der Waals surface area contributed by atoms with Gasteiger partial charge < -0.3 is 15.8 Å². The van der Waals surface area contributed by atoms with E-state index < -0.39 is 27.0 Å². The van der Waals surface area contributed by atoms with Crippen LogP contribution in [-0.2, 0) is 0 Å². The normalized spacial score (nSPS) is 10.9. The van der Waals surface area contributed by atoms with E-state index in [2.05, 4.69) is 35.9 Å². The van der Waals surface area contributed by atoms with Gasteiger partial charge in [-0.1, -0.05) is 4.52 Å². The summed E-state index contributed by atoms with van der Waals surface area (Å²) in [7, 11) is 0. The van der Waals surface area contributed by atoms with Crippen LogP contribution in [0.3, 0.4) is 0 Å². The zero-order valence-corrected chi connectivity index (χ0v) is 9.74. The Labute approximate surface area is 112 Å². The molecule has 15 nitrogen and oxygen atoms in total. The van der Waals surface area contributed by atoms with Crippen LogP contribution in [0, 0.1) is 20.2 Å². The number of nitro groups is 2. The van der Waals surface area contributed by atoms with E-state index in [1.807, 2.05) is 0 Å². The van der Waals surface area contributed by atoms with E-state index in [-0.39, 0.29) is 17.3 Å². The Balaban J connectivity index is 2.35. The molecule has 106 valence electrons. The van der Waals surface area contributed by atoms with Crippen LogP contribution in [-0.4, -0.2) is 50.3 Å². The highest BCUT2D eigenvalue weighted by Gasteiger charge is 2.37. The maximum absolute atomic E-state index is 10.9. The Kier molecular flexibility index (Phi) is 2.40. The molecule has 3 N–H and O–H groups in total. The Bertz CT molecular complexity index is 867. The fourth-order valence-electron chi connectivity index (χ4n) is 1.61. The van der Waals surface area contributed by atoms with Gasteiger partial charge in [0.05, 0.1) is 10.0 Å². The molecule has 0 bridgehead atoms. The lowest BCUT2D eigenvalue weighted by molar-refractivity contribution is -0.423. The van der Waals surface area contributed by atoms with Crippen LogP contribution >= 0.6 is 0 Å². The van der Waals surface area contributed by atoms with Gasteiger partial charge in [0.15, 0.2) is 11.5 Å². The molecule has 0 aliphatic heterocycles. The minimum atomic E-state index is -1.01. The number of aromatic amines is 1. The highest BCUT2D eigenvalue weighted by Crippen LogP contribution is 2.31. The number of fused-ring (bicyclic) bond motifs is 1. The lowest BCUT2D eigenvalue weighted by Gasteiger charge is -1.97. The maximum atomic E-state index is 10.9. The average molecular weight is 293 g/mol. The molecule has 0 aliphatic rings. The highest BCUT2D eigenvalue weighted by atomic mass is 16.6. The van der Waals surface area contributed by atoms with E-state index in [9.17, 15) is 20.2 Å². The van der Waals surface area contributed by atoms with Gasteiger partial charge in [0.2, 0.25) is 5.82 Å². The van der Waals surface area contributed by atoms with Crippen LogP contribution in [0.5, 0.6) is 0 Å². The van der Waals surface area contributed by atoms with Gasteiger partial charge in [-0.15, -0.1) is 15.3 Å². The summed E-state index contributed by atoms with van der Waals surface area (Å²) in [5.74, 6) is -1.20.